The number of hydrogen-bond acceptors (Lipinski definition) is 4. The first-order valence-corrected chi connectivity index (χ1v) is 19.2. The van der Waals surface area contributed by atoms with Gasteiger partial charge in [-0.25, -0.2) is 4.98 Å². The minimum atomic E-state index is 0.610. The monoisotopic (exact) mass is 730 g/mol. The van der Waals surface area contributed by atoms with Crippen LogP contribution in [-0.2, 0) is 0 Å². The molecule has 0 unspecified atom stereocenters. The minimum absolute atomic E-state index is 0.610. The molecule has 0 spiro atoms. The largest absolute Gasteiger partial charge is 0.454 e. The van der Waals surface area contributed by atoms with Gasteiger partial charge in [0.2, 0.25) is 5.89 Å². The highest BCUT2D eigenvalue weighted by Crippen LogP contribution is 2.48. The van der Waals surface area contributed by atoms with E-state index in [4.69, 9.17) is 13.8 Å². The molecule has 0 amide bonds. The first-order valence-electron chi connectivity index (χ1n) is 19.2. The van der Waals surface area contributed by atoms with Crippen molar-refractivity contribution < 1.29 is 8.83 Å². The SMILES string of the molecule is c1ccc(-c2ccc(N(c3ccc(-c4ccccc4)cc3)c3cc4ccccc4c4c3oc3cccc(-c5ccc(-c6nc7ccccc7o6)cc5)c34)cc2)cc1. The average Bonchev–Trinajstić information content (AvgIpc) is 3.91. The van der Waals surface area contributed by atoms with Gasteiger partial charge in [0, 0.05) is 27.7 Å². The van der Waals surface area contributed by atoms with Crippen LogP contribution in [0.3, 0.4) is 0 Å². The Hall–Kier alpha value is -7.69. The Kier molecular flexibility index (Phi) is 7.78. The van der Waals surface area contributed by atoms with Gasteiger partial charge >= 0.3 is 0 Å². The van der Waals surface area contributed by atoms with Gasteiger partial charge in [-0.1, -0.05) is 146 Å². The molecule has 57 heavy (non-hydrogen) atoms. The van der Waals surface area contributed by atoms with Gasteiger partial charge in [-0.3, -0.25) is 0 Å². The highest BCUT2D eigenvalue weighted by molar-refractivity contribution is 6.26. The summed E-state index contributed by atoms with van der Waals surface area (Å²) in [6.07, 6.45) is 0. The van der Waals surface area contributed by atoms with E-state index in [0.29, 0.717) is 5.89 Å². The maximum atomic E-state index is 7.02. The van der Waals surface area contributed by atoms with E-state index in [2.05, 4.69) is 187 Å². The van der Waals surface area contributed by atoms with E-state index in [0.717, 1.165) is 88.7 Å². The molecule has 2 aromatic heterocycles. The molecule has 4 heteroatoms. The second kappa shape index (κ2) is 13.6. The predicted molar refractivity (Wildman–Crippen MR) is 235 cm³/mol. The molecule has 0 atom stereocenters. The van der Waals surface area contributed by atoms with Crippen molar-refractivity contribution in [1.82, 2.24) is 4.98 Å². The number of aromatic nitrogens is 1. The number of benzene rings is 9. The highest BCUT2D eigenvalue weighted by atomic mass is 16.3. The smallest absolute Gasteiger partial charge is 0.227 e. The fraction of sp³-hybridized carbons (Fsp3) is 0. The molecule has 11 aromatic rings. The van der Waals surface area contributed by atoms with Crippen LogP contribution in [0.4, 0.5) is 17.1 Å². The van der Waals surface area contributed by atoms with Gasteiger partial charge in [0.15, 0.2) is 11.2 Å². The lowest BCUT2D eigenvalue weighted by molar-refractivity contribution is 0.620. The van der Waals surface area contributed by atoms with E-state index < -0.39 is 0 Å². The molecule has 9 aromatic carbocycles. The van der Waals surface area contributed by atoms with Gasteiger partial charge in [0.05, 0.1) is 5.69 Å². The summed E-state index contributed by atoms with van der Waals surface area (Å²) in [5.41, 5.74) is 14.1. The maximum absolute atomic E-state index is 7.02. The number of oxazole rings is 1. The van der Waals surface area contributed by atoms with Crippen molar-refractivity contribution in [2.75, 3.05) is 4.90 Å². The predicted octanol–water partition coefficient (Wildman–Crippen LogP) is 15.0. The van der Waals surface area contributed by atoms with Gasteiger partial charge in [-0.05, 0) is 105 Å². The van der Waals surface area contributed by atoms with E-state index in [9.17, 15) is 0 Å². The van der Waals surface area contributed by atoms with E-state index in [1.165, 1.54) is 11.1 Å². The molecule has 0 radical (unpaired) electrons. The second-order valence-corrected chi connectivity index (χ2v) is 14.3. The summed E-state index contributed by atoms with van der Waals surface area (Å²) in [6.45, 7) is 0. The summed E-state index contributed by atoms with van der Waals surface area (Å²) in [5.74, 6) is 0.610. The number of para-hydroxylation sites is 2. The van der Waals surface area contributed by atoms with E-state index in [1.807, 2.05) is 24.3 Å². The lowest BCUT2D eigenvalue weighted by Crippen LogP contribution is -2.10. The van der Waals surface area contributed by atoms with Crippen LogP contribution >= 0.6 is 0 Å². The number of rotatable bonds is 7. The Labute approximate surface area is 329 Å². The fourth-order valence-electron chi connectivity index (χ4n) is 8.14. The topological polar surface area (TPSA) is 42.4 Å². The van der Waals surface area contributed by atoms with Crippen molar-refractivity contribution in [3.05, 3.63) is 206 Å². The highest BCUT2D eigenvalue weighted by Gasteiger charge is 2.24. The zero-order chi connectivity index (χ0) is 37.7. The molecule has 0 saturated carbocycles. The van der Waals surface area contributed by atoms with Crippen molar-refractivity contribution in [3.63, 3.8) is 0 Å². The van der Waals surface area contributed by atoms with Crippen molar-refractivity contribution in [2.45, 2.75) is 0 Å². The third-order valence-electron chi connectivity index (χ3n) is 10.9. The molecular weight excluding hydrogens is 697 g/mol. The summed E-state index contributed by atoms with van der Waals surface area (Å²) < 4.78 is 13.1. The maximum Gasteiger partial charge on any atom is 0.227 e. The number of hydrogen-bond donors (Lipinski definition) is 0. The number of nitrogens with zero attached hydrogens (tertiary/aromatic N) is 2. The molecule has 0 aliphatic rings. The fourth-order valence-corrected chi connectivity index (χ4v) is 8.14. The van der Waals surface area contributed by atoms with Gasteiger partial charge in [-0.2, -0.15) is 0 Å². The van der Waals surface area contributed by atoms with Crippen molar-refractivity contribution >= 4 is 60.9 Å². The Morgan fingerprint density at radius 3 is 1.60 bits per heavy atom. The number of fused-ring (bicyclic) bond motifs is 6. The minimum Gasteiger partial charge on any atom is -0.454 e. The molecule has 0 fully saturated rings. The number of anilines is 3. The second-order valence-electron chi connectivity index (χ2n) is 14.3. The zero-order valence-electron chi connectivity index (χ0n) is 30.8. The van der Waals surface area contributed by atoms with Crippen LogP contribution in [0.25, 0.3) is 88.6 Å². The molecule has 11 rings (SSSR count). The van der Waals surface area contributed by atoms with E-state index in [-0.39, 0.29) is 0 Å². The molecule has 0 bridgehead atoms. The van der Waals surface area contributed by atoms with Crippen LogP contribution in [0.5, 0.6) is 0 Å². The van der Waals surface area contributed by atoms with Crippen LogP contribution < -0.4 is 4.90 Å². The van der Waals surface area contributed by atoms with Crippen LogP contribution in [0, 0.1) is 0 Å². The Balaban J connectivity index is 1.10. The van der Waals surface area contributed by atoms with Crippen molar-refractivity contribution in [1.29, 1.82) is 0 Å². The van der Waals surface area contributed by atoms with Crippen molar-refractivity contribution in [3.8, 4) is 44.8 Å². The molecule has 268 valence electrons. The van der Waals surface area contributed by atoms with Crippen LogP contribution in [0.15, 0.2) is 215 Å². The molecule has 0 aliphatic heterocycles. The summed E-state index contributed by atoms with van der Waals surface area (Å²) in [5, 5.41) is 4.45. The van der Waals surface area contributed by atoms with Gasteiger partial charge in [-0.15, -0.1) is 0 Å². The summed E-state index contributed by atoms with van der Waals surface area (Å²) in [7, 11) is 0. The molecule has 0 saturated heterocycles. The van der Waals surface area contributed by atoms with Gasteiger partial charge < -0.3 is 13.7 Å². The van der Waals surface area contributed by atoms with Crippen LogP contribution in [0.2, 0.25) is 0 Å². The lowest BCUT2D eigenvalue weighted by Gasteiger charge is -2.26. The summed E-state index contributed by atoms with van der Waals surface area (Å²) in [6, 6.07) is 72.3. The third-order valence-corrected chi connectivity index (χ3v) is 10.9. The molecule has 2 heterocycles. The Morgan fingerprint density at radius 1 is 0.386 bits per heavy atom. The van der Waals surface area contributed by atoms with Crippen LogP contribution in [0.1, 0.15) is 0 Å². The first kappa shape index (κ1) is 32.7. The standard InChI is InChI=1S/C53H34N2O2/c1-3-12-35(13-4-1)37-26-30-42(31-27-37)55(43-32-28-38(29-33-43)36-14-5-2-6-15-36)47-34-41-16-7-8-17-45(41)51-50-44(18-11-21-49(50)56-52(47)51)39-22-24-40(25-23-39)53-54-46-19-9-10-20-48(46)57-53/h1-34H. The molecule has 0 aliphatic carbocycles. The molecule has 4 nitrogen and oxygen atoms in total. The summed E-state index contributed by atoms with van der Waals surface area (Å²) >= 11 is 0. The summed E-state index contributed by atoms with van der Waals surface area (Å²) in [4.78, 5) is 7.06. The number of furan rings is 1. The molecule has 0 N–H and O–H groups in total. The first-order chi connectivity index (χ1) is 28.2. The average molecular weight is 731 g/mol. The van der Waals surface area contributed by atoms with Gasteiger partial charge in [0.25, 0.3) is 0 Å². The van der Waals surface area contributed by atoms with Crippen molar-refractivity contribution in [2.24, 2.45) is 0 Å². The van der Waals surface area contributed by atoms with E-state index >= 15 is 0 Å². The quantitative estimate of drug-likeness (QED) is 0.164. The Bertz CT molecular complexity index is 3080. The lowest BCUT2D eigenvalue weighted by atomic mass is 9.95. The third kappa shape index (κ3) is 5.74. The zero-order valence-corrected chi connectivity index (χ0v) is 30.8. The van der Waals surface area contributed by atoms with Gasteiger partial charge in [0.1, 0.15) is 11.1 Å². The normalized spacial score (nSPS) is 11.5. The Morgan fingerprint density at radius 2 is 0.930 bits per heavy atom. The van der Waals surface area contributed by atoms with E-state index in [1.54, 1.807) is 0 Å². The van der Waals surface area contributed by atoms with Crippen LogP contribution in [-0.4, -0.2) is 4.98 Å². The molecular formula is C53H34N2O2.